The van der Waals surface area contributed by atoms with E-state index in [0.717, 1.165) is 24.2 Å². The summed E-state index contributed by atoms with van der Waals surface area (Å²) < 4.78 is 18.5. The fraction of sp³-hybridized carbons (Fsp3) is 0.367. The Labute approximate surface area is 231 Å². The van der Waals surface area contributed by atoms with Crippen LogP contribution in [0.4, 0.5) is 5.69 Å². The lowest BCUT2D eigenvalue weighted by Gasteiger charge is -2.25. The zero-order valence-electron chi connectivity index (χ0n) is 22.9. The normalized spacial score (nSPS) is 17.2. The first kappa shape index (κ1) is 26.7. The van der Waals surface area contributed by atoms with E-state index >= 15 is 0 Å². The van der Waals surface area contributed by atoms with Crippen LogP contribution in [0.25, 0.3) is 6.08 Å². The first-order valence-corrected chi connectivity index (χ1v) is 13.9. The van der Waals surface area contributed by atoms with Gasteiger partial charge in [0.25, 0.3) is 5.56 Å². The Morgan fingerprint density at radius 3 is 2.49 bits per heavy atom. The lowest BCUT2D eigenvalue weighted by Crippen LogP contribution is -2.40. The first-order valence-electron chi connectivity index (χ1n) is 13.1. The molecule has 0 radical (unpaired) electrons. The molecule has 2 aliphatic heterocycles. The van der Waals surface area contributed by atoms with Gasteiger partial charge in [0.1, 0.15) is 0 Å². The summed E-state index contributed by atoms with van der Waals surface area (Å²) >= 11 is 1.32. The summed E-state index contributed by atoms with van der Waals surface area (Å²) in [6, 6.07) is 11.1. The van der Waals surface area contributed by atoms with Gasteiger partial charge in [-0.2, -0.15) is 0 Å². The number of fused-ring (bicyclic) bond motifs is 1. The highest BCUT2D eigenvalue weighted by atomic mass is 32.1. The number of esters is 1. The minimum Gasteiger partial charge on any atom is -0.493 e. The molecule has 5 rings (SSSR count). The van der Waals surface area contributed by atoms with Gasteiger partial charge < -0.3 is 19.1 Å². The van der Waals surface area contributed by atoms with Crippen molar-refractivity contribution in [3.63, 3.8) is 0 Å². The van der Waals surface area contributed by atoms with E-state index in [1.165, 1.54) is 29.9 Å². The molecule has 0 unspecified atom stereocenters. The summed E-state index contributed by atoms with van der Waals surface area (Å²) in [4.78, 5) is 34.7. The molecule has 0 N–H and O–H groups in total. The third kappa shape index (κ3) is 4.98. The number of aryl methyl sites for hydroxylation is 1. The first-order chi connectivity index (χ1) is 18.9. The SMILES string of the molecule is CCOC(=O)C1=C(C)N=c2s/c(=C/c3ccc(N4CCCC4)cc3C)c(=O)n2[C@H]1c1ccc(OC)c(OC)c1. The number of carbonyl (C=O) groups is 1. The maximum atomic E-state index is 13.9. The Kier molecular flexibility index (Phi) is 7.61. The van der Waals surface area contributed by atoms with Crippen molar-refractivity contribution < 1.29 is 19.0 Å². The van der Waals surface area contributed by atoms with E-state index in [-0.39, 0.29) is 12.2 Å². The summed E-state index contributed by atoms with van der Waals surface area (Å²) in [7, 11) is 3.12. The van der Waals surface area contributed by atoms with E-state index in [1.54, 1.807) is 44.8 Å². The summed E-state index contributed by atoms with van der Waals surface area (Å²) in [5, 5.41) is 0. The number of hydrogen-bond donors (Lipinski definition) is 0. The summed E-state index contributed by atoms with van der Waals surface area (Å²) in [5.41, 5.74) is 4.63. The Morgan fingerprint density at radius 1 is 1.08 bits per heavy atom. The van der Waals surface area contributed by atoms with Gasteiger partial charge in [0.15, 0.2) is 16.3 Å². The van der Waals surface area contributed by atoms with Crippen molar-refractivity contribution in [2.45, 2.75) is 39.7 Å². The van der Waals surface area contributed by atoms with Crippen LogP contribution < -0.4 is 29.3 Å². The van der Waals surface area contributed by atoms with E-state index in [4.69, 9.17) is 14.2 Å². The molecule has 1 fully saturated rings. The quantitative estimate of drug-likeness (QED) is 0.420. The van der Waals surface area contributed by atoms with E-state index < -0.39 is 12.0 Å². The van der Waals surface area contributed by atoms with Crippen molar-refractivity contribution in [3.05, 3.63) is 84.0 Å². The number of allylic oxidation sites excluding steroid dienone is 1. The van der Waals surface area contributed by atoms with Gasteiger partial charge in [-0.15, -0.1) is 0 Å². The molecule has 3 aromatic rings. The lowest BCUT2D eigenvalue weighted by molar-refractivity contribution is -0.139. The molecular formula is C30H33N3O5S. The number of methoxy groups -OCH3 is 2. The number of hydrogen-bond acceptors (Lipinski definition) is 8. The molecule has 1 aromatic heterocycles. The van der Waals surface area contributed by atoms with Gasteiger partial charge in [-0.05, 0) is 80.6 Å². The van der Waals surface area contributed by atoms with Gasteiger partial charge in [-0.3, -0.25) is 9.36 Å². The maximum absolute atomic E-state index is 13.9. The minimum absolute atomic E-state index is 0.212. The molecule has 0 aliphatic carbocycles. The van der Waals surface area contributed by atoms with Gasteiger partial charge in [0, 0.05) is 18.8 Å². The van der Waals surface area contributed by atoms with Crippen LogP contribution in [0.3, 0.4) is 0 Å². The fourth-order valence-electron chi connectivity index (χ4n) is 5.26. The number of rotatable bonds is 7. The molecule has 1 saturated heterocycles. The van der Waals surface area contributed by atoms with Crippen molar-refractivity contribution in [2.75, 3.05) is 38.8 Å². The molecule has 1 atom stereocenters. The number of carbonyl (C=O) groups excluding carboxylic acids is 1. The second-order valence-corrected chi connectivity index (χ2v) is 10.7. The van der Waals surface area contributed by atoms with Crippen molar-refractivity contribution in [1.29, 1.82) is 0 Å². The van der Waals surface area contributed by atoms with Crippen LogP contribution in [0.5, 0.6) is 11.5 Å². The molecule has 9 heteroatoms. The van der Waals surface area contributed by atoms with E-state index in [1.807, 2.05) is 12.1 Å². The highest BCUT2D eigenvalue weighted by Crippen LogP contribution is 2.36. The molecule has 0 spiro atoms. The monoisotopic (exact) mass is 547 g/mol. The molecule has 204 valence electrons. The Hall–Kier alpha value is -3.85. The van der Waals surface area contributed by atoms with Gasteiger partial charge in [0.05, 0.1) is 42.7 Å². The molecule has 2 aromatic carbocycles. The molecular weight excluding hydrogens is 514 g/mol. The smallest absolute Gasteiger partial charge is 0.338 e. The molecule has 8 nitrogen and oxygen atoms in total. The number of ether oxygens (including phenoxy) is 3. The van der Waals surface area contributed by atoms with Crippen LogP contribution in [0.1, 0.15) is 49.4 Å². The van der Waals surface area contributed by atoms with Gasteiger partial charge in [-0.25, -0.2) is 9.79 Å². The third-order valence-corrected chi connectivity index (χ3v) is 8.23. The lowest BCUT2D eigenvalue weighted by atomic mass is 9.95. The highest BCUT2D eigenvalue weighted by molar-refractivity contribution is 7.07. The predicted octanol–water partition coefficient (Wildman–Crippen LogP) is 3.72. The fourth-order valence-corrected chi connectivity index (χ4v) is 6.30. The number of thiazole rings is 1. The molecule has 0 amide bonds. The predicted molar refractivity (Wildman–Crippen MR) is 153 cm³/mol. The highest BCUT2D eigenvalue weighted by Gasteiger charge is 2.34. The minimum atomic E-state index is -0.721. The number of anilines is 1. The van der Waals surface area contributed by atoms with Crippen LogP contribution in [0.2, 0.25) is 0 Å². The number of nitrogens with zero attached hydrogens (tertiary/aromatic N) is 3. The maximum Gasteiger partial charge on any atom is 0.338 e. The molecule has 0 saturated carbocycles. The Morgan fingerprint density at radius 2 is 1.82 bits per heavy atom. The van der Waals surface area contributed by atoms with Crippen LogP contribution >= 0.6 is 11.3 Å². The summed E-state index contributed by atoms with van der Waals surface area (Å²) in [5.74, 6) is 0.560. The molecule has 39 heavy (non-hydrogen) atoms. The van der Waals surface area contributed by atoms with E-state index in [0.29, 0.717) is 37.7 Å². The van der Waals surface area contributed by atoms with Crippen LogP contribution in [-0.4, -0.2) is 44.5 Å². The van der Waals surface area contributed by atoms with Crippen molar-refractivity contribution in [2.24, 2.45) is 4.99 Å². The standard InChI is InChI=1S/C30H33N3O5S/c1-6-38-29(35)26-19(3)31-30-33(27(26)21-10-12-23(36-4)24(16-21)37-5)28(34)25(39-30)17-20-9-11-22(15-18(20)2)32-13-7-8-14-32/h9-12,15-17,27H,6-8,13-14H2,1-5H3/b25-17+/t27-/m0/s1. The number of benzene rings is 2. The summed E-state index contributed by atoms with van der Waals surface area (Å²) in [6.07, 6.45) is 4.36. The van der Waals surface area contributed by atoms with Crippen LogP contribution in [0, 0.1) is 6.92 Å². The molecule has 0 bridgehead atoms. The average Bonchev–Trinajstić information content (AvgIpc) is 3.57. The second-order valence-electron chi connectivity index (χ2n) is 9.65. The Bertz CT molecular complexity index is 1630. The van der Waals surface area contributed by atoms with Crippen molar-refractivity contribution in [1.82, 2.24) is 4.57 Å². The van der Waals surface area contributed by atoms with Crippen LogP contribution in [0.15, 0.2) is 57.5 Å². The zero-order valence-corrected chi connectivity index (χ0v) is 23.8. The van der Waals surface area contributed by atoms with Crippen molar-refractivity contribution in [3.8, 4) is 11.5 Å². The van der Waals surface area contributed by atoms with Crippen LogP contribution in [-0.2, 0) is 9.53 Å². The zero-order chi connectivity index (χ0) is 27.7. The molecule has 3 heterocycles. The van der Waals surface area contributed by atoms with Gasteiger partial charge in [0.2, 0.25) is 0 Å². The second kappa shape index (κ2) is 11.1. The topological polar surface area (TPSA) is 82.4 Å². The van der Waals surface area contributed by atoms with Gasteiger partial charge >= 0.3 is 5.97 Å². The molecule has 2 aliphatic rings. The van der Waals surface area contributed by atoms with Gasteiger partial charge in [-0.1, -0.05) is 23.5 Å². The number of aromatic nitrogens is 1. The van der Waals surface area contributed by atoms with E-state index in [9.17, 15) is 9.59 Å². The third-order valence-electron chi connectivity index (χ3n) is 7.25. The summed E-state index contributed by atoms with van der Waals surface area (Å²) in [6.45, 7) is 7.97. The average molecular weight is 548 g/mol. The largest absolute Gasteiger partial charge is 0.493 e. The van der Waals surface area contributed by atoms with E-state index in [2.05, 4.69) is 35.0 Å². The van der Waals surface area contributed by atoms with Crippen molar-refractivity contribution >= 4 is 29.1 Å². The Balaban J connectivity index is 1.65.